The predicted molar refractivity (Wildman–Crippen MR) is 57.0 cm³/mol. The lowest BCUT2D eigenvalue weighted by Crippen LogP contribution is -1.83. The highest BCUT2D eigenvalue weighted by Gasteiger charge is 1.99. The van der Waals surface area contributed by atoms with Crippen LogP contribution in [-0.4, -0.2) is 9.97 Å². The number of benzene rings is 2. The lowest BCUT2D eigenvalue weighted by Gasteiger charge is -2.00. The van der Waals surface area contributed by atoms with E-state index in [1.807, 2.05) is 36.4 Å². The van der Waals surface area contributed by atoms with Crippen LogP contribution in [0.1, 0.15) is 1.37 Å². The fourth-order valence-electron chi connectivity index (χ4n) is 1.66. The fourth-order valence-corrected chi connectivity index (χ4v) is 1.66. The Bertz CT molecular complexity index is 649. The van der Waals surface area contributed by atoms with Crippen molar-refractivity contribution in [1.82, 2.24) is 9.97 Å². The van der Waals surface area contributed by atoms with E-state index in [1.165, 1.54) is 6.20 Å². The van der Waals surface area contributed by atoms with Crippen LogP contribution in [0.2, 0.25) is 0 Å². The van der Waals surface area contributed by atoms with E-state index in [9.17, 15) is 0 Å². The van der Waals surface area contributed by atoms with E-state index in [-0.39, 0.29) is 6.17 Å². The first-order valence-corrected chi connectivity index (χ1v) is 4.46. The van der Waals surface area contributed by atoms with Crippen LogP contribution in [0.15, 0.2) is 48.8 Å². The van der Waals surface area contributed by atoms with Gasteiger partial charge < -0.3 is 0 Å². The monoisotopic (exact) mass is 181 g/mol. The molecule has 0 radical (unpaired) electrons. The first-order valence-electron chi connectivity index (χ1n) is 4.96. The van der Waals surface area contributed by atoms with Gasteiger partial charge in [-0.25, -0.2) is 0 Å². The Morgan fingerprint density at radius 1 is 1.00 bits per heavy atom. The molecule has 3 aromatic rings. The summed E-state index contributed by atoms with van der Waals surface area (Å²) in [5, 5.41) is 2.24. The van der Waals surface area contributed by atoms with E-state index in [1.54, 1.807) is 0 Å². The number of hydrogen-bond donors (Lipinski definition) is 0. The Kier molecular flexibility index (Phi) is 1.28. The molecule has 2 aromatic carbocycles. The molecule has 0 saturated carbocycles. The predicted octanol–water partition coefficient (Wildman–Crippen LogP) is 2.78. The summed E-state index contributed by atoms with van der Waals surface area (Å²) in [6, 6.07) is 12.0. The van der Waals surface area contributed by atoms with E-state index in [4.69, 9.17) is 1.37 Å². The molecule has 1 heterocycles. The molecule has 0 N–H and O–H groups in total. The summed E-state index contributed by atoms with van der Waals surface area (Å²) in [6.07, 6.45) is 1.69. The van der Waals surface area contributed by atoms with E-state index >= 15 is 0 Å². The quantitative estimate of drug-likeness (QED) is 0.498. The number of aromatic nitrogens is 2. The zero-order valence-electron chi connectivity index (χ0n) is 8.44. The molecule has 0 aliphatic rings. The molecule has 0 unspecified atom stereocenters. The van der Waals surface area contributed by atoms with Crippen LogP contribution in [0.5, 0.6) is 0 Å². The molecule has 0 aliphatic carbocycles. The Labute approximate surface area is 82.6 Å². The maximum Gasteiger partial charge on any atom is 0.0965 e. The third-order valence-electron chi connectivity index (χ3n) is 2.32. The van der Waals surface area contributed by atoms with Gasteiger partial charge in [0.1, 0.15) is 0 Å². The van der Waals surface area contributed by atoms with Gasteiger partial charge in [-0.2, -0.15) is 0 Å². The molecule has 0 saturated heterocycles. The van der Waals surface area contributed by atoms with E-state index in [0.29, 0.717) is 0 Å². The topological polar surface area (TPSA) is 25.8 Å². The maximum atomic E-state index is 7.41. The van der Waals surface area contributed by atoms with Crippen molar-refractivity contribution in [2.45, 2.75) is 0 Å². The molecular formula is C12H8N2. The van der Waals surface area contributed by atoms with Crippen molar-refractivity contribution in [1.29, 1.82) is 0 Å². The molecule has 2 heteroatoms. The van der Waals surface area contributed by atoms with Gasteiger partial charge in [-0.3, -0.25) is 9.97 Å². The Morgan fingerprint density at radius 3 is 2.93 bits per heavy atom. The second kappa shape index (κ2) is 2.77. The number of rotatable bonds is 0. The van der Waals surface area contributed by atoms with Crippen LogP contribution >= 0.6 is 0 Å². The minimum atomic E-state index is 0.206. The minimum Gasteiger partial charge on any atom is -0.253 e. The summed E-state index contributed by atoms with van der Waals surface area (Å²) in [7, 11) is 0. The molecule has 66 valence electrons. The minimum absolute atomic E-state index is 0.206. The first kappa shape index (κ1) is 6.49. The fraction of sp³-hybridized carbons (Fsp3) is 0. The first-order chi connectivity index (χ1) is 7.34. The summed E-state index contributed by atoms with van der Waals surface area (Å²) in [5.41, 5.74) is 1.64. The molecule has 0 bridgehead atoms. The van der Waals surface area contributed by atoms with Crippen molar-refractivity contribution in [2.75, 3.05) is 0 Å². The molecular weight excluding hydrogens is 172 g/mol. The zero-order chi connectivity index (χ0) is 10.3. The van der Waals surface area contributed by atoms with Gasteiger partial charge in [-0.1, -0.05) is 30.3 Å². The van der Waals surface area contributed by atoms with E-state index < -0.39 is 0 Å². The SMILES string of the molecule is [2H]c1cnc2c(ccc3ccccc32)n1. The third kappa shape index (κ3) is 0.973. The van der Waals surface area contributed by atoms with Gasteiger partial charge in [0, 0.05) is 17.8 Å². The third-order valence-corrected chi connectivity index (χ3v) is 2.32. The van der Waals surface area contributed by atoms with Crippen molar-refractivity contribution in [3.05, 3.63) is 48.8 Å². The molecule has 0 aliphatic heterocycles. The second-order valence-electron chi connectivity index (χ2n) is 3.15. The normalized spacial score (nSPS) is 11.9. The summed E-state index contributed by atoms with van der Waals surface area (Å²) in [6.45, 7) is 0. The van der Waals surface area contributed by atoms with E-state index in [2.05, 4.69) is 9.97 Å². The molecule has 0 atom stereocenters. The smallest absolute Gasteiger partial charge is 0.0965 e. The van der Waals surface area contributed by atoms with Crippen molar-refractivity contribution >= 4 is 21.8 Å². The lowest BCUT2D eigenvalue weighted by atomic mass is 10.1. The number of nitrogens with zero attached hydrogens (tertiary/aromatic N) is 2. The van der Waals surface area contributed by atoms with Crippen LogP contribution < -0.4 is 0 Å². The summed E-state index contributed by atoms with van der Waals surface area (Å²) in [5.74, 6) is 0. The van der Waals surface area contributed by atoms with Gasteiger partial charge >= 0.3 is 0 Å². The van der Waals surface area contributed by atoms with Gasteiger partial charge in [0.25, 0.3) is 0 Å². The summed E-state index contributed by atoms with van der Waals surface area (Å²) >= 11 is 0. The highest BCUT2D eigenvalue weighted by atomic mass is 14.8. The number of hydrogen-bond acceptors (Lipinski definition) is 2. The molecule has 0 spiro atoms. The van der Waals surface area contributed by atoms with Gasteiger partial charge in [0.2, 0.25) is 0 Å². The largest absolute Gasteiger partial charge is 0.253 e. The van der Waals surface area contributed by atoms with Gasteiger partial charge in [0.15, 0.2) is 0 Å². The Balaban J connectivity index is 2.55. The van der Waals surface area contributed by atoms with Crippen LogP contribution in [0.4, 0.5) is 0 Å². The standard InChI is InChI=1S/C12H8N2/c1-2-4-10-9(3-1)5-6-11-12(10)14-8-7-13-11/h1-8H/i7D. The number of fused-ring (bicyclic) bond motifs is 3. The average Bonchev–Trinajstić information content (AvgIpc) is 2.28. The van der Waals surface area contributed by atoms with Crippen LogP contribution in [0.25, 0.3) is 21.8 Å². The van der Waals surface area contributed by atoms with Crippen LogP contribution in [0.3, 0.4) is 0 Å². The molecule has 1 aromatic heterocycles. The van der Waals surface area contributed by atoms with Crippen molar-refractivity contribution < 1.29 is 1.37 Å². The van der Waals surface area contributed by atoms with Gasteiger partial charge in [0.05, 0.1) is 12.4 Å². The van der Waals surface area contributed by atoms with Crippen molar-refractivity contribution in [3.63, 3.8) is 0 Å². The molecule has 0 amide bonds. The lowest BCUT2D eigenvalue weighted by molar-refractivity contribution is 1.30. The molecule has 2 nitrogen and oxygen atoms in total. The van der Waals surface area contributed by atoms with Crippen LogP contribution in [-0.2, 0) is 0 Å². The zero-order valence-corrected chi connectivity index (χ0v) is 7.44. The maximum absolute atomic E-state index is 7.41. The van der Waals surface area contributed by atoms with Crippen molar-refractivity contribution in [2.24, 2.45) is 0 Å². The van der Waals surface area contributed by atoms with Gasteiger partial charge in [-0.15, -0.1) is 0 Å². The van der Waals surface area contributed by atoms with Gasteiger partial charge in [-0.05, 0) is 11.5 Å². The highest BCUT2D eigenvalue weighted by molar-refractivity contribution is 6.03. The average molecular weight is 181 g/mol. The van der Waals surface area contributed by atoms with E-state index in [0.717, 1.165) is 21.8 Å². The molecule has 14 heavy (non-hydrogen) atoms. The summed E-state index contributed by atoms with van der Waals surface area (Å²) < 4.78 is 7.41. The highest BCUT2D eigenvalue weighted by Crippen LogP contribution is 2.21. The second-order valence-corrected chi connectivity index (χ2v) is 3.15. The molecule has 3 rings (SSSR count). The summed E-state index contributed by atoms with van der Waals surface area (Å²) in [4.78, 5) is 8.39. The molecule has 0 fully saturated rings. The van der Waals surface area contributed by atoms with Crippen molar-refractivity contribution in [3.8, 4) is 0 Å². The van der Waals surface area contributed by atoms with Crippen LogP contribution in [0, 0.1) is 0 Å². The Morgan fingerprint density at radius 2 is 1.93 bits per heavy atom. The Hall–Kier alpha value is -1.96.